The van der Waals surface area contributed by atoms with Crippen molar-refractivity contribution in [1.29, 1.82) is 0 Å². The molecule has 4 aromatic rings. The first-order valence-corrected chi connectivity index (χ1v) is 14.1. The molecular weight excluding hydrogens is 494 g/mol. The molecule has 1 aliphatic rings. The molecule has 8 heteroatoms. The Morgan fingerprint density at radius 3 is 2.47 bits per heavy atom. The number of piperidine rings is 1. The van der Waals surface area contributed by atoms with Gasteiger partial charge in [0.05, 0.1) is 11.8 Å². The van der Waals surface area contributed by atoms with Crippen molar-refractivity contribution in [1.82, 2.24) is 10.3 Å². The Kier molecular flexibility index (Phi) is 7.93. The van der Waals surface area contributed by atoms with Gasteiger partial charge < -0.3 is 26.8 Å². The van der Waals surface area contributed by atoms with Gasteiger partial charge in [-0.1, -0.05) is 67.9 Å². The molecule has 1 saturated heterocycles. The molecule has 1 atom stereocenters. The van der Waals surface area contributed by atoms with Gasteiger partial charge in [-0.15, -0.1) is 11.3 Å². The molecule has 0 bridgehead atoms. The molecule has 1 aliphatic heterocycles. The molecule has 0 radical (unpaired) electrons. The van der Waals surface area contributed by atoms with Crippen molar-refractivity contribution >= 4 is 39.0 Å². The van der Waals surface area contributed by atoms with Gasteiger partial charge in [-0.3, -0.25) is 4.79 Å². The van der Waals surface area contributed by atoms with Gasteiger partial charge in [0.1, 0.15) is 15.5 Å². The quantitative estimate of drug-likeness (QED) is 0.245. The molecule has 6 N–H and O–H groups in total. The number of nitrogens with zero attached hydrogens (tertiary/aromatic N) is 2. The third-order valence-electron chi connectivity index (χ3n) is 7.33. The minimum Gasteiger partial charge on any atom is -0.397 e. The lowest BCUT2D eigenvalue weighted by Gasteiger charge is -2.34. The number of carbonyl (C=O) groups is 1. The number of hydrogen-bond acceptors (Lipinski definition) is 7. The summed E-state index contributed by atoms with van der Waals surface area (Å²) in [7, 11) is 0. The van der Waals surface area contributed by atoms with Crippen LogP contribution in [0.2, 0.25) is 0 Å². The Morgan fingerprint density at radius 2 is 1.82 bits per heavy atom. The van der Waals surface area contributed by atoms with Crippen LogP contribution in [0.4, 0.5) is 11.5 Å². The molecule has 198 valence electrons. The van der Waals surface area contributed by atoms with E-state index in [-0.39, 0.29) is 0 Å². The Hall–Kier alpha value is -3.46. The second kappa shape index (κ2) is 11.5. The normalized spacial score (nSPS) is 15.2. The maximum atomic E-state index is 11.8. The first-order chi connectivity index (χ1) is 18.4. The number of aliphatic hydroxyl groups is 1. The minimum absolute atomic E-state index is 0.335. The number of carbonyl (C=O) groups excluding carboxylic acids is 1. The summed E-state index contributed by atoms with van der Waals surface area (Å²) in [6, 6.07) is 20.9. The molecule has 5 rings (SSSR count). The number of nitrogen functional groups attached to an aromatic ring is 1. The van der Waals surface area contributed by atoms with Crippen molar-refractivity contribution < 1.29 is 9.90 Å². The first-order valence-electron chi connectivity index (χ1n) is 13.3. The van der Waals surface area contributed by atoms with Gasteiger partial charge in [-0.2, -0.15) is 0 Å². The van der Waals surface area contributed by atoms with Gasteiger partial charge in [0.2, 0.25) is 0 Å². The van der Waals surface area contributed by atoms with Crippen LogP contribution >= 0.6 is 11.3 Å². The number of rotatable bonds is 9. The summed E-state index contributed by atoms with van der Waals surface area (Å²) in [5.41, 5.74) is 16.6. The van der Waals surface area contributed by atoms with Crippen molar-refractivity contribution in [2.75, 3.05) is 30.3 Å². The number of aliphatic hydroxyl groups excluding tert-OH is 1. The van der Waals surface area contributed by atoms with Gasteiger partial charge in [-0.25, -0.2) is 4.98 Å². The van der Waals surface area contributed by atoms with Crippen LogP contribution in [0.25, 0.3) is 21.3 Å². The molecule has 3 heterocycles. The fourth-order valence-electron chi connectivity index (χ4n) is 5.23. The number of aryl methyl sites for hydroxylation is 1. The topological polar surface area (TPSA) is 117 Å². The number of nitrogens with one attached hydrogen (secondary N) is 1. The summed E-state index contributed by atoms with van der Waals surface area (Å²) in [4.78, 5) is 20.2. The average molecular weight is 530 g/mol. The number of hydrogen-bond donors (Lipinski definition) is 4. The zero-order chi connectivity index (χ0) is 26.6. The summed E-state index contributed by atoms with van der Waals surface area (Å²) in [6.07, 6.45) is 3.21. The predicted molar refractivity (Wildman–Crippen MR) is 157 cm³/mol. The standard InChI is InChI=1S/C30H35N5O2S/c1-2-6-22-17-25(34-30-26(22)27(31)28(38-30)29(32)37)35-15-13-23(14-16-35)33-18-24(36)21-11-9-20(10-12-21)19-7-4-3-5-8-19/h3-5,7-12,17,23-24,33,36H,2,6,13-16,18,31H2,1H3,(H2,32,37). The van der Waals surface area contributed by atoms with Crippen molar-refractivity contribution in [3.8, 4) is 11.1 Å². The van der Waals surface area contributed by atoms with Crippen molar-refractivity contribution in [3.63, 3.8) is 0 Å². The number of pyridine rings is 1. The number of amides is 1. The lowest BCUT2D eigenvalue weighted by Crippen LogP contribution is -2.44. The highest BCUT2D eigenvalue weighted by molar-refractivity contribution is 7.21. The monoisotopic (exact) mass is 529 g/mol. The highest BCUT2D eigenvalue weighted by Crippen LogP contribution is 2.37. The molecule has 1 fully saturated rings. The van der Waals surface area contributed by atoms with E-state index < -0.39 is 12.0 Å². The molecule has 2 aromatic carbocycles. The van der Waals surface area contributed by atoms with Crippen LogP contribution < -0.4 is 21.7 Å². The number of benzene rings is 2. The number of nitrogens with two attached hydrogens (primary N) is 2. The van der Waals surface area contributed by atoms with E-state index in [4.69, 9.17) is 16.5 Å². The maximum absolute atomic E-state index is 11.8. The molecule has 0 aliphatic carbocycles. The molecule has 0 spiro atoms. The fraction of sp³-hybridized carbons (Fsp3) is 0.333. The molecular formula is C30H35N5O2S. The second-order valence-electron chi connectivity index (χ2n) is 9.95. The highest BCUT2D eigenvalue weighted by atomic mass is 32.1. The van der Waals surface area contributed by atoms with Gasteiger partial charge in [-0.05, 0) is 47.6 Å². The maximum Gasteiger partial charge on any atom is 0.260 e. The van der Waals surface area contributed by atoms with Crippen LogP contribution in [0, 0.1) is 0 Å². The zero-order valence-corrected chi connectivity index (χ0v) is 22.5. The summed E-state index contributed by atoms with van der Waals surface area (Å²) >= 11 is 1.28. The fourth-order valence-corrected chi connectivity index (χ4v) is 6.22. The van der Waals surface area contributed by atoms with Crippen molar-refractivity contribution in [2.45, 2.75) is 44.8 Å². The largest absolute Gasteiger partial charge is 0.397 e. The van der Waals surface area contributed by atoms with E-state index in [1.165, 1.54) is 16.9 Å². The minimum atomic E-state index is -0.553. The number of fused-ring (bicyclic) bond motifs is 1. The van der Waals surface area contributed by atoms with E-state index in [9.17, 15) is 9.90 Å². The molecule has 7 nitrogen and oxygen atoms in total. The average Bonchev–Trinajstić information content (AvgIpc) is 3.29. The van der Waals surface area contributed by atoms with E-state index >= 15 is 0 Å². The molecule has 1 unspecified atom stereocenters. The van der Waals surface area contributed by atoms with E-state index in [0.717, 1.165) is 71.5 Å². The first kappa shape index (κ1) is 26.2. The van der Waals surface area contributed by atoms with E-state index in [0.29, 0.717) is 23.2 Å². The van der Waals surface area contributed by atoms with Crippen molar-refractivity contribution in [3.05, 3.63) is 76.7 Å². The van der Waals surface area contributed by atoms with Gasteiger partial charge >= 0.3 is 0 Å². The zero-order valence-electron chi connectivity index (χ0n) is 21.7. The second-order valence-corrected chi connectivity index (χ2v) is 11.0. The smallest absolute Gasteiger partial charge is 0.260 e. The van der Waals surface area contributed by atoms with Crippen LogP contribution in [0.5, 0.6) is 0 Å². The number of anilines is 2. The highest BCUT2D eigenvalue weighted by Gasteiger charge is 2.24. The molecule has 38 heavy (non-hydrogen) atoms. The Morgan fingerprint density at radius 1 is 1.13 bits per heavy atom. The molecule has 2 aromatic heterocycles. The lowest BCUT2D eigenvalue weighted by atomic mass is 10.0. The molecule has 1 amide bonds. The van der Waals surface area contributed by atoms with Crippen LogP contribution in [0.15, 0.2) is 60.7 Å². The predicted octanol–water partition coefficient (Wildman–Crippen LogP) is 4.89. The number of aromatic nitrogens is 1. The van der Waals surface area contributed by atoms with E-state index in [1.54, 1.807) is 0 Å². The Labute approximate surface area is 227 Å². The summed E-state index contributed by atoms with van der Waals surface area (Å²) in [5, 5.41) is 15.2. The summed E-state index contributed by atoms with van der Waals surface area (Å²) in [5.74, 6) is 0.422. The van der Waals surface area contributed by atoms with Gasteiger partial charge in [0.15, 0.2) is 0 Å². The lowest BCUT2D eigenvalue weighted by molar-refractivity contribution is 0.100. The molecule has 0 saturated carbocycles. The Balaban J connectivity index is 1.19. The summed E-state index contributed by atoms with van der Waals surface area (Å²) < 4.78 is 0. The number of primary amides is 1. The SMILES string of the molecule is CCCc1cc(N2CCC(NCC(O)c3ccc(-c4ccccc4)cc3)CC2)nc2sc(C(N)=O)c(N)c12. The van der Waals surface area contributed by atoms with E-state index in [1.807, 2.05) is 30.3 Å². The Bertz CT molecular complexity index is 1400. The van der Waals surface area contributed by atoms with Crippen LogP contribution in [0.1, 0.15) is 53.1 Å². The third-order valence-corrected chi connectivity index (χ3v) is 8.45. The van der Waals surface area contributed by atoms with Crippen LogP contribution in [0.3, 0.4) is 0 Å². The van der Waals surface area contributed by atoms with E-state index in [2.05, 4.69) is 47.5 Å². The summed E-state index contributed by atoms with van der Waals surface area (Å²) in [6.45, 7) is 4.39. The van der Waals surface area contributed by atoms with Crippen LogP contribution in [-0.4, -0.2) is 41.7 Å². The number of thiophene rings is 1. The van der Waals surface area contributed by atoms with Gasteiger partial charge in [0, 0.05) is 31.1 Å². The van der Waals surface area contributed by atoms with Crippen molar-refractivity contribution in [2.24, 2.45) is 5.73 Å². The van der Waals surface area contributed by atoms with Gasteiger partial charge in [0.25, 0.3) is 5.91 Å². The third kappa shape index (κ3) is 5.53. The van der Waals surface area contributed by atoms with Crippen LogP contribution in [-0.2, 0) is 6.42 Å².